The Morgan fingerprint density at radius 2 is 1.85 bits per heavy atom. The van der Waals surface area contributed by atoms with Crippen LogP contribution in [0.3, 0.4) is 0 Å². The summed E-state index contributed by atoms with van der Waals surface area (Å²) in [7, 11) is 1.74. The minimum atomic E-state index is -0.0539. The summed E-state index contributed by atoms with van der Waals surface area (Å²) in [5, 5.41) is 1.93. The van der Waals surface area contributed by atoms with Crippen molar-refractivity contribution in [2.75, 3.05) is 0 Å². The Labute approximate surface area is 165 Å². The fourth-order valence-electron chi connectivity index (χ4n) is 2.74. The molecule has 4 rings (SSSR count). The minimum absolute atomic E-state index is 0.0539. The molecular weight excluding hydrogens is 382 g/mol. The lowest BCUT2D eigenvalue weighted by molar-refractivity contribution is 0.540. The molecule has 136 valence electrons. The zero-order valence-corrected chi connectivity index (χ0v) is 16.3. The molecule has 27 heavy (non-hydrogen) atoms. The number of aryl methyl sites for hydroxylation is 1. The Bertz CT molecular complexity index is 1180. The first-order valence-corrected chi connectivity index (χ1v) is 9.70. The second-order valence-electron chi connectivity index (χ2n) is 6.09. The number of aromatic nitrogens is 3. The van der Waals surface area contributed by atoms with Gasteiger partial charge in [0.25, 0.3) is 5.56 Å². The Hall–Kier alpha value is -2.57. The van der Waals surface area contributed by atoms with Crippen molar-refractivity contribution in [3.8, 4) is 11.5 Å². The molecule has 0 bridgehead atoms. The quantitative estimate of drug-likeness (QED) is 0.364. The number of thioether (sulfide) groups is 1. The van der Waals surface area contributed by atoms with E-state index in [0.29, 0.717) is 32.7 Å². The van der Waals surface area contributed by atoms with Crippen LogP contribution >= 0.6 is 23.4 Å². The van der Waals surface area contributed by atoms with Gasteiger partial charge in [-0.05, 0) is 43.3 Å². The predicted octanol–water partition coefficient (Wildman–Crippen LogP) is 4.84. The molecule has 2 aromatic carbocycles. The van der Waals surface area contributed by atoms with E-state index in [-0.39, 0.29) is 5.56 Å². The summed E-state index contributed by atoms with van der Waals surface area (Å²) >= 11 is 7.40. The number of halogens is 1. The monoisotopic (exact) mass is 397 g/mol. The highest BCUT2D eigenvalue weighted by Gasteiger charge is 2.14. The molecule has 0 aliphatic carbocycles. The molecule has 2 heterocycles. The van der Waals surface area contributed by atoms with Crippen LogP contribution in [0.2, 0.25) is 5.02 Å². The summed E-state index contributed by atoms with van der Waals surface area (Å²) in [6.45, 7) is 1.88. The topological polar surface area (TPSA) is 60.9 Å². The maximum Gasteiger partial charge on any atom is 0.261 e. The summed E-state index contributed by atoms with van der Waals surface area (Å²) in [5.41, 5.74) is 2.34. The van der Waals surface area contributed by atoms with Gasteiger partial charge < -0.3 is 4.42 Å². The third-order valence-electron chi connectivity index (χ3n) is 4.26. The highest BCUT2D eigenvalue weighted by atomic mass is 35.5. The van der Waals surface area contributed by atoms with Crippen LogP contribution in [-0.2, 0) is 12.8 Å². The van der Waals surface area contributed by atoms with E-state index in [2.05, 4.69) is 9.97 Å². The predicted molar refractivity (Wildman–Crippen MR) is 108 cm³/mol. The smallest absolute Gasteiger partial charge is 0.261 e. The van der Waals surface area contributed by atoms with E-state index in [9.17, 15) is 4.79 Å². The second kappa shape index (κ2) is 7.21. The van der Waals surface area contributed by atoms with Crippen LogP contribution in [0, 0.1) is 6.92 Å². The van der Waals surface area contributed by atoms with E-state index in [4.69, 9.17) is 16.0 Å². The lowest BCUT2D eigenvalue weighted by Crippen LogP contribution is -2.19. The molecule has 5 nitrogen and oxygen atoms in total. The highest BCUT2D eigenvalue weighted by Crippen LogP contribution is 2.27. The van der Waals surface area contributed by atoms with Gasteiger partial charge in [0.1, 0.15) is 5.76 Å². The van der Waals surface area contributed by atoms with Crippen molar-refractivity contribution in [3.05, 3.63) is 75.4 Å². The number of rotatable bonds is 4. The van der Waals surface area contributed by atoms with E-state index in [0.717, 1.165) is 17.0 Å². The number of nitrogens with zero attached hydrogens (tertiary/aromatic N) is 3. The minimum Gasteiger partial charge on any atom is -0.441 e. The first kappa shape index (κ1) is 17.8. The van der Waals surface area contributed by atoms with Gasteiger partial charge in [-0.25, -0.2) is 9.97 Å². The lowest BCUT2D eigenvalue weighted by Gasteiger charge is -2.07. The van der Waals surface area contributed by atoms with Crippen molar-refractivity contribution in [1.82, 2.24) is 14.5 Å². The maximum absolute atomic E-state index is 12.5. The van der Waals surface area contributed by atoms with Crippen molar-refractivity contribution in [2.45, 2.75) is 17.8 Å². The number of para-hydroxylation sites is 1. The zero-order chi connectivity index (χ0) is 19.0. The van der Waals surface area contributed by atoms with Gasteiger partial charge in [-0.15, -0.1) is 0 Å². The molecule has 0 N–H and O–H groups in total. The molecule has 0 aliphatic heterocycles. The largest absolute Gasteiger partial charge is 0.441 e. The maximum atomic E-state index is 12.5. The number of oxazole rings is 1. The first-order valence-electron chi connectivity index (χ1n) is 8.34. The Morgan fingerprint density at radius 3 is 2.63 bits per heavy atom. The van der Waals surface area contributed by atoms with Gasteiger partial charge in [-0.1, -0.05) is 35.5 Å². The van der Waals surface area contributed by atoms with Crippen molar-refractivity contribution >= 4 is 34.3 Å². The van der Waals surface area contributed by atoms with Gasteiger partial charge >= 0.3 is 0 Å². The van der Waals surface area contributed by atoms with E-state index < -0.39 is 0 Å². The number of hydrogen-bond acceptors (Lipinski definition) is 5. The molecule has 0 aliphatic rings. The third kappa shape index (κ3) is 3.50. The van der Waals surface area contributed by atoms with Crippen molar-refractivity contribution in [2.24, 2.45) is 7.05 Å². The van der Waals surface area contributed by atoms with Gasteiger partial charge in [0.15, 0.2) is 5.16 Å². The van der Waals surface area contributed by atoms with E-state index in [1.807, 2.05) is 37.3 Å². The highest BCUT2D eigenvalue weighted by molar-refractivity contribution is 7.98. The normalized spacial score (nSPS) is 11.2. The Morgan fingerprint density at radius 1 is 1.11 bits per heavy atom. The van der Waals surface area contributed by atoms with Crippen LogP contribution in [0.15, 0.2) is 62.9 Å². The van der Waals surface area contributed by atoms with Crippen molar-refractivity contribution in [3.63, 3.8) is 0 Å². The van der Waals surface area contributed by atoms with E-state index in [1.54, 1.807) is 29.8 Å². The van der Waals surface area contributed by atoms with Crippen LogP contribution < -0.4 is 5.56 Å². The second-order valence-corrected chi connectivity index (χ2v) is 7.47. The Balaban J connectivity index is 1.61. The van der Waals surface area contributed by atoms with Crippen LogP contribution in [0.4, 0.5) is 0 Å². The molecule has 0 amide bonds. The molecule has 0 saturated carbocycles. The van der Waals surface area contributed by atoms with Gasteiger partial charge in [-0.2, -0.15) is 0 Å². The summed E-state index contributed by atoms with van der Waals surface area (Å²) in [6, 6.07) is 14.7. The van der Waals surface area contributed by atoms with Gasteiger partial charge in [0.05, 0.1) is 16.6 Å². The first-order chi connectivity index (χ1) is 13.0. The van der Waals surface area contributed by atoms with Crippen LogP contribution in [0.25, 0.3) is 22.4 Å². The van der Waals surface area contributed by atoms with Crippen molar-refractivity contribution in [1.29, 1.82) is 0 Å². The fourth-order valence-corrected chi connectivity index (χ4v) is 3.84. The SMILES string of the molecule is Cc1oc(-c2ccc(Cl)cc2)nc1CSc1nc2ccccc2c(=O)n1C. The van der Waals surface area contributed by atoms with Gasteiger partial charge in [0, 0.05) is 23.4 Å². The van der Waals surface area contributed by atoms with E-state index >= 15 is 0 Å². The van der Waals surface area contributed by atoms with Crippen molar-refractivity contribution < 1.29 is 4.42 Å². The molecule has 0 atom stereocenters. The molecule has 0 saturated heterocycles. The molecule has 0 fully saturated rings. The molecule has 0 spiro atoms. The molecule has 0 radical (unpaired) electrons. The summed E-state index contributed by atoms with van der Waals surface area (Å²) in [5.74, 6) is 1.86. The molecule has 7 heteroatoms. The molecule has 0 unspecified atom stereocenters. The summed E-state index contributed by atoms with van der Waals surface area (Å²) < 4.78 is 7.37. The van der Waals surface area contributed by atoms with Crippen LogP contribution in [0.1, 0.15) is 11.5 Å². The molecule has 4 aromatic rings. The number of hydrogen-bond donors (Lipinski definition) is 0. The van der Waals surface area contributed by atoms with Crippen LogP contribution in [-0.4, -0.2) is 14.5 Å². The number of benzene rings is 2. The van der Waals surface area contributed by atoms with E-state index in [1.165, 1.54) is 11.8 Å². The fraction of sp³-hybridized carbons (Fsp3) is 0.150. The third-order valence-corrected chi connectivity index (χ3v) is 5.56. The standard InChI is InChI=1S/C20H16ClN3O2S/c1-12-17(22-18(26-12)13-7-9-14(21)10-8-13)11-27-20-23-16-6-4-3-5-15(16)19(25)24(20)2/h3-10H,11H2,1-2H3. The zero-order valence-electron chi connectivity index (χ0n) is 14.8. The number of fused-ring (bicyclic) bond motifs is 1. The average molecular weight is 398 g/mol. The van der Waals surface area contributed by atoms with Gasteiger partial charge in [-0.3, -0.25) is 9.36 Å². The Kier molecular flexibility index (Phi) is 4.76. The summed E-state index contributed by atoms with van der Waals surface area (Å²) in [4.78, 5) is 21.7. The van der Waals surface area contributed by atoms with Crippen LogP contribution in [0.5, 0.6) is 0 Å². The van der Waals surface area contributed by atoms with Gasteiger partial charge in [0.2, 0.25) is 5.89 Å². The summed E-state index contributed by atoms with van der Waals surface area (Å²) in [6.07, 6.45) is 0. The molecular formula is C20H16ClN3O2S. The lowest BCUT2D eigenvalue weighted by atomic mass is 10.2. The molecule has 2 aromatic heterocycles. The average Bonchev–Trinajstić information content (AvgIpc) is 3.05.